The number of amides is 3. The molecule has 0 fully saturated rings. The molecule has 206 valence electrons. The monoisotopic (exact) mass is 538 g/mol. The fraction of sp³-hybridized carbons (Fsp3) is 0.296. The number of aliphatic carboxylic acids is 2. The van der Waals surface area contributed by atoms with E-state index in [1.165, 1.54) is 19.1 Å². The first-order chi connectivity index (χ1) is 18.5. The van der Waals surface area contributed by atoms with Crippen LogP contribution in [-0.2, 0) is 36.8 Å². The van der Waals surface area contributed by atoms with Crippen LogP contribution in [0.2, 0.25) is 0 Å². The number of carboxylic acid groups (broad SMARTS) is 2. The van der Waals surface area contributed by atoms with E-state index in [2.05, 4.69) is 20.9 Å². The second kappa shape index (κ2) is 13.1. The van der Waals surface area contributed by atoms with Gasteiger partial charge in [-0.2, -0.15) is 0 Å². The molecule has 1 aromatic heterocycles. The number of phenols is 1. The minimum Gasteiger partial charge on any atom is -0.508 e. The lowest BCUT2D eigenvalue weighted by Crippen LogP contribution is -2.56. The average Bonchev–Trinajstić information content (AvgIpc) is 3.29. The van der Waals surface area contributed by atoms with Crippen LogP contribution in [0.4, 0.5) is 0 Å². The number of benzene rings is 2. The van der Waals surface area contributed by atoms with E-state index in [1.807, 2.05) is 18.2 Å². The Labute approximate surface area is 223 Å². The smallest absolute Gasteiger partial charge is 0.326 e. The lowest BCUT2D eigenvalue weighted by atomic mass is 10.0. The van der Waals surface area contributed by atoms with Gasteiger partial charge in [-0.25, -0.2) is 4.79 Å². The number of carbonyl (C=O) groups excluding carboxylic acids is 3. The van der Waals surface area contributed by atoms with Gasteiger partial charge in [0.1, 0.15) is 23.9 Å². The van der Waals surface area contributed by atoms with Gasteiger partial charge in [0.05, 0.1) is 0 Å². The van der Waals surface area contributed by atoms with Crippen LogP contribution in [0.1, 0.15) is 30.9 Å². The molecule has 3 atom stereocenters. The van der Waals surface area contributed by atoms with Crippen LogP contribution in [0, 0.1) is 0 Å². The topological polar surface area (TPSA) is 198 Å². The highest BCUT2D eigenvalue weighted by Crippen LogP contribution is 2.19. The predicted molar refractivity (Wildman–Crippen MR) is 140 cm³/mol. The van der Waals surface area contributed by atoms with Gasteiger partial charge in [-0.1, -0.05) is 30.3 Å². The van der Waals surface area contributed by atoms with E-state index in [1.54, 1.807) is 24.4 Å². The molecule has 0 spiro atoms. The summed E-state index contributed by atoms with van der Waals surface area (Å²) in [5.41, 5.74) is 2.06. The zero-order chi connectivity index (χ0) is 28.5. The molecule has 7 N–H and O–H groups in total. The summed E-state index contributed by atoms with van der Waals surface area (Å²) in [6.07, 6.45) is 0.842. The van der Waals surface area contributed by atoms with Gasteiger partial charge in [0.15, 0.2) is 0 Å². The first-order valence-corrected chi connectivity index (χ1v) is 12.2. The molecule has 1 heterocycles. The highest BCUT2D eigenvalue weighted by Gasteiger charge is 2.30. The van der Waals surface area contributed by atoms with Gasteiger partial charge < -0.3 is 36.3 Å². The Morgan fingerprint density at radius 2 is 1.46 bits per heavy atom. The summed E-state index contributed by atoms with van der Waals surface area (Å²) >= 11 is 0. The van der Waals surface area contributed by atoms with Crippen LogP contribution < -0.4 is 16.0 Å². The summed E-state index contributed by atoms with van der Waals surface area (Å²) in [5.74, 6) is -4.63. The normalized spacial score (nSPS) is 13.2. The molecule has 0 saturated heterocycles. The quantitative estimate of drug-likeness (QED) is 0.168. The molecule has 0 radical (unpaired) electrons. The van der Waals surface area contributed by atoms with Crippen molar-refractivity contribution in [1.29, 1.82) is 0 Å². The Kier molecular flexibility index (Phi) is 9.63. The molecule has 3 aromatic rings. The van der Waals surface area contributed by atoms with Crippen molar-refractivity contribution in [2.24, 2.45) is 0 Å². The molecular formula is C27H30N4O8. The number of phenolic OH excluding ortho intramolecular Hbond substituents is 1. The van der Waals surface area contributed by atoms with Crippen molar-refractivity contribution in [2.75, 3.05) is 0 Å². The number of carboxylic acids is 2. The number of H-pyrrole nitrogens is 1. The molecule has 39 heavy (non-hydrogen) atoms. The molecule has 0 bridgehead atoms. The zero-order valence-corrected chi connectivity index (χ0v) is 21.1. The molecular weight excluding hydrogens is 508 g/mol. The Hall–Kier alpha value is -4.87. The van der Waals surface area contributed by atoms with Crippen molar-refractivity contribution in [2.45, 2.75) is 50.7 Å². The van der Waals surface area contributed by atoms with Crippen molar-refractivity contribution in [3.05, 3.63) is 65.9 Å². The maximum Gasteiger partial charge on any atom is 0.326 e. The van der Waals surface area contributed by atoms with E-state index < -0.39 is 54.2 Å². The molecule has 0 aliphatic heterocycles. The molecule has 0 aliphatic rings. The van der Waals surface area contributed by atoms with Gasteiger partial charge in [-0.3, -0.25) is 19.2 Å². The summed E-state index contributed by atoms with van der Waals surface area (Å²) in [6, 6.07) is 9.37. The highest BCUT2D eigenvalue weighted by atomic mass is 16.4. The summed E-state index contributed by atoms with van der Waals surface area (Å²) in [6.45, 7) is 1.22. The number of hydrogen-bond acceptors (Lipinski definition) is 6. The third kappa shape index (κ3) is 8.32. The largest absolute Gasteiger partial charge is 0.508 e. The Morgan fingerprint density at radius 3 is 2.10 bits per heavy atom. The lowest BCUT2D eigenvalue weighted by molar-refractivity contribution is -0.143. The SMILES string of the molecule is CC(=O)NC(Cc1ccc(O)cc1)C(=O)NC(CCC(=O)O)C(=O)NC(Cc1c[nH]c2ccccc12)C(=O)O. The van der Waals surface area contributed by atoms with Gasteiger partial charge >= 0.3 is 11.9 Å². The minimum absolute atomic E-state index is 0.0188. The van der Waals surface area contributed by atoms with Crippen molar-refractivity contribution in [3.8, 4) is 5.75 Å². The summed E-state index contributed by atoms with van der Waals surface area (Å²) in [4.78, 5) is 64.2. The molecule has 12 nitrogen and oxygen atoms in total. The maximum atomic E-state index is 13.1. The molecule has 12 heteroatoms. The maximum absolute atomic E-state index is 13.1. The van der Waals surface area contributed by atoms with E-state index in [9.17, 15) is 34.2 Å². The highest BCUT2D eigenvalue weighted by molar-refractivity contribution is 5.94. The van der Waals surface area contributed by atoms with Crippen LogP contribution in [0.15, 0.2) is 54.7 Å². The number of carbonyl (C=O) groups is 5. The lowest BCUT2D eigenvalue weighted by Gasteiger charge is -2.24. The van der Waals surface area contributed by atoms with Crippen molar-refractivity contribution >= 4 is 40.6 Å². The van der Waals surface area contributed by atoms with E-state index in [0.717, 1.165) is 10.9 Å². The van der Waals surface area contributed by atoms with Crippen LogP contribution >= 0.6 is 0 Å². The van der Waals surface area contributed by atoms with E-state index in [0.29, 0.717) is 11.1 Å². The summed E-state index contributed by atoms with van der Waals surface area (Å²) in [7, 11) is 0. The zero-order valence-electron chi connectivity index (χ0n) is 21.1. The molecule has 3 unspecified atom stereocenters. The third-order valence-electron chi connectivity index (χ3n) is 6.06. The number of para-hydroxylation sites is 1. The van der Waals surface area contributed by atoms with Crippen molar-refractivity contribution in [1.82, 2.24) is 20.9 Å². The fourth-order valence-electron chi connectivity index (χ4n) is 4.12. The van der Waals surface area contributed by atoms with Gasteiger partial charge in [-0.05, 0) is 35.7 Å². The minimum atomic E-state index is -1.38. The third-order valence-corrected chi connectivity index (χ3v) is 6.06. The van der Waals surface area contributed by atoms with E-state index >= 15 is 0 Å². The van der Waals surface area contributed by atoms with E-state index in [-0.39, 0.29) is 25.0 Å². The van der Waals surface area contributed by atoms with Gasteiger partial charge in [0.25, 0.3) is 0 Å². The van der Waals surface area contributed by atoms with Gasteiger partial charge in [0.2, 0.25) is 17.7 Å². The Balaban J connectivity index is 1.76. The molecule has 0 saturated carbocycles. The van der Waals surface area contributed by atoms with Gasteiger partial charge in [-0.15, -0.1) is 0 Å². The number of nitrogens with one attached hydrogen (secondary N) is 4. The molecule has 3 amide bonds. The number of rotatable bonds is 13. The number of aromatic nitrogens is 1. The second-order valence-corrected chi connectivity index (χ2v) is 9.08. The number of aromatic amines is 1. The fourth-order valence-corrected chi connectivity index (χ4v) is 4.12. The van der Waals surface area contributed by atoms with Crippen LogP contribution in [0.3, 0.4) is 0 Å². The Bertz CT molecular complexity index is 1350. The first kappa shape index (κ1) is 28.7. The molecule has 2 aromatic carbocycles. The number of hydrogen-bond donors (Lipinski definition) is 7. The van der Waals surface area contributed by atoms with Crippen molar-refractivity contribution in [3.63, 3.8) is 0 Å². The molecule has 0 aliphatic carbocycles. The van der Waals surface area contributed by atoms with Crippen LogP contribution in [0.5, 0.6) is 5.75 Å². The number of aromatic hydroxyl groups is 1. The average molecular weight is 539 g/mol. The van der Waals surface area contributed by atoms with Crippen LogP contribution in [-0.4, -0.2) is 68.1 Å². The second-order valence-electron chi connectivity index (χ2n) is 9.08. The van der Waals surface area contributed by atoms with Crippen LogP contribution in [0.25, 0.3) is 10.9 Å². The number of fused-ring (bicyclic) bond motifs is 1. The standard InChI is InChI=1S/C27H30N4O8/c1-15(32)29-22(12-16-6-8-18(33)9-7-16)26(37)30-21(10-11-24(34)35)25(36)31-23(27(38)39)13-17-14-28-20-5-3-2-4-19(17)20/h2-9,14,21-23,28,33H,10-13H2,1H3,(H,29,32)(H,30,37)(H,31,36)(H,34,35)(H,38,39). The first-order valence-electron chi connectivity index (χ1n) is 12.2. The predicted octanol–water partition coefficient (Wildman–Crippen LogP) is 1.08. The summed E-state index contributed by atoms with van der Waals surface area (Å²) in [5, 5.41) is 36.6. The Morgan fingerprint density at radius 1 is 0.821 bits per heavy atom. The van der Waals surface area contributed by atoms with Gasteiger partial charge in [0, 0.05) is 43.3 Å². The molecule has 3 rings (SSSR count). The summed E-state index contributed by atoms with van der Waals surface area (Å²) < 4.78 is 0. The van der Waals surface area contributed by atoms with E-state index in [4.69, 9.17) is 5.11 Å². The van der Waals surface area contributed by atoms with Crippen molar-refractivity contribution < 1.29 is 39.3 Å².